The molecule has 3 heterocycles. The zero-order valence-electron chi connectivity index (χ0n) is 13.0. The van der Waals surface area contributed by atoms with E-state index in [-0.39, 0.29) is 11.8 Å². The van der Waals surface area contributed by atoms with Crippen LogP contribution in [0.25, 0.3) is 0 Å². The Morgan fingerprint density at radius 2 is 2.13 bits per heavy atom. The Morgan fingerprint density at radius 3 is 2.74 bits per heavy atom. The van der Waals surface area contributed by atoms with E-state index in [1.807, 2.05) is 0 Å². The lowest BCUT2D eigenvalue weighted by Gasteiger charge is -2.37. The van der Waals surface area contributed by atoms with Gasteiger partial charge in [0.15, 0.2) is 5.54 Å². The summed E-state index contributed by atoms with van der Waals surface area (Å²) < 4.78 is 0. The lowest BCUT2D eigenvalue weighted by molar-refractivity contribution is -0.140. The Labute approximate surface area is 138 Å². The second-order valence-electron chi connectivity index (χ2n) is 5.58. The van der Waals surface area contributed by atoms with Crippen LogP contribution in [-0.4, -0.2) is 57.2 Å². The van der Waals surface area contributed by atoms with Gasteiger partial charge >= 0.3 is 0 Å². The summed E-state index contributed by atoms with van der Waals surface area (Å²) in [5.41, 5.74) is 1.36. The van der Waals surface area contributed by atoms with Gasteiger partial charge in [0.25, 0.3) is 11.8 Å². The Bertz CT molecular complexity index is 704. The van der Waals surface area contributed by atoms with Gasteiger partial charge in [-0.1, -0.05) is 0 Å². The van der Waals surface area contributed by atoms with Crippen LogP contribution in [0.3, 0.4) is 0 Å². The SMILES string of the molecule is CN(C)C(=O)[C@]1(c2cnccn2)CCCN1C(=O)c1cscn1. The molecule has 0 bridgehead atoms. The molecule has 1 aliphatic heterocycles. The van der Waals surface area contributed by atoms with E-state index >= 15 is 0 Å². The number of likely N-dealkylation sites (tertiary alicyclic amines) is 1. The fourth-order valence-electron chi connectivity index (χ4n) is 3.03. The van der Waals surface area contributed by atoms with Crippen LogP contribution in [0, 0.1) is 0 Å². The standard InChI is InChI=1S/C15H17N5O2S/c1-19(2)14(22)15(12-8-16-5-6-17-12)4-3-7-20(15)13(21)11-9-23-10-18-11/h5-6,8-10H,3-4,7H2,1-2H3/t15-/m1/s1. The summed E-state index contributed by atoms with van der Waals surface area (Å²) in [6, 6.07) is 0. The van der Waals surface area contributed by atoms with E-state index in [9.17, 15) is 9.59 Å². The highest BCUT2D eigenvalue weighted by Gasteiger charge is 2.53. The molecule has 1 saturated heterocycles. The van der Waals surface area contributed by atoms with Crippen LogP contribution >= 0.6 is 11.3 Å². The Morgan fingerprint density at radius 1 is 1.30 bits per heavy atom. The number of carbonyl (C=O) groups excluding carboxylic acids is 2. The summed E-state index contributed by atoms with van der Waals surface area (Å²) in [4.78, 5) is 41.5. The van der Waals surface area contributed by atoms with E-state index < -0.39 is 5.54 Å². The van der Waals surface area contributed by atoms with Crippen LogP contribution in [0.1, 0.15) is 29.0 Å². The van der Waals surface area contributed by atoms with Crippen LogP contribution in [0.4, 0.5) is 0 Å². The second kappa shape index (κ2) is 6.04. The molecular formula is C15H17N5O2S. The molecule has 2 aromatic rings. The molecule has 0 N–H and O–H groups in total. The number of hydrogen-bond donors (Lipinski definition) is 0. The zero-order valence-corrected chi connectivity index (χ0v) is 13.8. The largest absolute Gasteiger partial charge is 0.346 e. The van der Waals surface area contributed by atoms with Crippen LogP contribution < -0.4 is 0 Å². The van der Waals surface area contributed by atoms with Crippen molar-refractivity contribution in [3.05, 3.63) is 40.9 Å². The van der Waals surface area contributed by atoms with Gasteiger partial charge < -0.3 is 9.80 Å². The van der Waals surface area contributed by atoms with Crippen molar-refractivity contribution in [2.75, 3.05) is 20.6 Å². The highest BCUT2D eigenvalue weighted by molar-refractivity contribution is 7.07. The van der Waals surface area contributed by atoms with E-state index in [0.29, 0.717) is 24.4 Å². The minimum Gasteiger partial charge on any atom is -0.346 e. The topological polar surface area (TPSA) is 79.3 Å². The van der Waals surface area contributed by atoms with Gasteiger partial charge in [-0.3, -0.25) is 19.6 Å². The molecule has 3 rings (SSSR count). The maximum Gasteiger partial charge on any atom is 0.274 e. The number of aromatic nitrogens is 3. The Kier molecular flexibility index (Phi) is 4.08. The van der Waals surface area contributed by atoms with Crippen molar-refractivity contribution >= 4 is 23.2 Å². The maximum absolute atomic E-state index is 13.0. The molecule has 23 heavy (non-hydrogen) atoms. The number of amides is 2. The summed E-state index contributed by atoms with van der Waals surface area (Å²) in [5.74, 6) is -0.413. The van der Waals surface area contributed by atoms with Crippen molar-refractivity contribution in [1.29, 1.82) is 0 Å². The third kappa shape index (κ3) is 2.48. The highest BCUT2D eigenvalue weighted by atomic mass is 32.1. The molecule has 1 atom stereocenters. The molecule has 1 fully saturated rings. The quantitative estimate of drug-likeness (QED) is 0.843. The van der Waals surface area contributed by atoms with Gasteiger partial charge in [-0.2, -0.15) is 0 Å². The van der Waals surface area contributed by atoms with E-state index in [1.165, 1.54) is 16.2 Å². The molecule has 0 aliphatic carbocycles. The number of likely N-dealkylation sites (N-methyl/N-ethyl adjacent to an activating group) is 1. The molecule has 8 heteroatoms. The molecule has 120 valence electrons. The minimum atomic E-state index is -1.11. The summed E-state index contributed by atoms with van der Waals surface area (Å²) in [6.07, 6.45) is 5.92. The van der Waals surface area contributed by atoms with E-state index in [4.69, 9.17) is 0 Å². The molecular weight excluding hydrogens is 314 g/mol. The second-order valence-corrected chi connectivity index (χ2v) is 6.30. The van der Waals surface area contributed by atoms with Crippen molar-refractivity contribution in [1.82, 2.24) is 24.8 Å². The first-order valence-electron chi connectivity index (χ1n) is 7.26. The lowest BCUT2D eigenvalue weighted by atomic mass is 9.90. The molecule has 2 aromatic heterocycles. The summed E-state index contributed by atoms with van der Waals surface area (Å²) in [5, 5.41) is 1.70. The number of nitrogens with zero attached hydrogens (tertiary/aromatic N) is 5. The van der Waals surface area contributed by atoms with Crippen LogP contribution in [0.15, 0.2) is 29.5 Å². The number of rotatable bonds is 3. The monoisotopic (exact) mass is 331 g/mol. The lowest BCUT2D eigenvalue weighted by Crippen LogP contribution is -2.55. The zero-order chi connectivity index (χ0) is 16.4. The molecule has 0 aromatic carbocycles. The van der Waals surface area contributed by atoms with E-state index in [2.05, 4.69) is 15.0 Å². The van der Waals surface area contributed by atoms with Crippen molar-refractivity contribution in [2.24, 2.45) is 0 Å². The first-order valence-corrected chi connectivity index (χ1v) is 8.20. The third-order valence-corrected chi connectivity index (χ3v) is 4.61. The van der Waals surface area contributed by atoms with Crippen LogP contribution in [-0.2, 0) is 10.3 Å². The number of thiazole rings is 1. The Balaban J connectivity index is 2.11. The van der Waals surface area contributed by atoms with E-state index in [1.54, 1.807) is 48.5 Å². The van der Waals surface area contributed by atoms with Gasteiger partial charge in [-0.25, -0.2) is 4.98 Å². The van der Waals surface area contributed by atoms with Gasteiger partial charge in [0.2, 0.25) is 0 Å². The van der Waals surface area contributed by atoms with Gasteiger partial charge in [-0.05, 0) is 12.8 Å². The van der Waals surface area contributed by atoms with Gasteiger partial charge in [0.05, 0.1) is 17.4 Å². The highest BCUT2D eigenvalue weighted by Crippen LogP contribution is 2.40. The smallest absolute Gasteiger partial charge is 0.274 e. The minimum absolute atomic E-state index is 0.168. The van der Waals surface area contributed by atoms with Gasteiger partial charge in [-0.15, -0.1) is 11.3 Å². The predicted molar refractivity (Wildman–Crippen MR) is 84.8 cm³/mol. The van der Waals surface area contributed by atoms with Gasteiger partial charge in [0, 0.05) is 38.4 Å². The summed E-state index contributed by atoms with van der Waals surface area (Å²) in [6.45, 7) is 0.493. The molecule has 0 saturated carbocycles. The van der Waals surface area contributed by atoms with Crippen molar-refractivity contribution in [3.8, 4) is 0 Å². The summed E-state index contributed by atoms with van der Waals surface area (Å²) in [7, 11) is 3.37. The Hall–Kier alpha value is -2.35. The van der Waals surface area contributed by atoms with Gasteiger partial charge in [0.1, 0.15) is 5.69 Å². The van der Waals surface area contributed by atoms with Crippen molar-refractivity contribution < 1.29 is 9.59 Å². The number of carbonyl (C=O) groups is 2. The fraction of sp³-hybridized carbons (Fsp3) is 0.400. The predicted octanol–water partition coefficient (Wildman–Crippen LogP) is 1.15. The maximum atomic E-state index is 13.0. The first-order chi connectivity index (χ1) is 11.1. The molecule has 0 radical (unpaired) electrons. The first kappa shape index (κ1) is 15.5. The van der Waals surface area contributed by atoms with Crippen molar-refractivity contribution in [2.45, 2.75) is 18.4 Å². The third-order valence-electron chi connectivity index (χ3n) is 4.02. The average Bonchev–Trinajstić information content (AvgIpc) is 3.24. The molecule has 1 aliphatic rings. The number of hydrogen-bond acceptors (Lipinski definition) is 6. The van der Waals surface area contributed by atoms with E-state index in [0.717, 1.165) is 6.42 Å². The van der Waals surface area contributed by atoms with Crippen molar-refractivity contribution in [3.63, 3.8) is 0 Å². The molecule has 0 spiro atoms. The van der Waals surface area contributed by atoms with Crippen LogP contribution in [0.2, 0.25) is 0 Å². The summed E-state index contributed by atoms with van der Waals surface area (Å²) >= 11 is 1.36. The molecule has 7 nitrogen and oxygen atoms in total. The molecule has 0 unspecified atom stereocenters. The molecule has 2 amide bonds. The average molecular weight is 331 g/mol. The normalized spacial score (nSPS) is 20.5. The van der Waals surface area contributed by atoms with Crippen LogP contribution in [0.5, 0.6) is 0 Å². The fourth-order valence-corrected chi connectivity index (χ4v) is 3.56.